The van der Waals surface area contributed by atoms with Crippen molar-refractivity contribution in [2.75, 3.05) is 18.1 Å². The van der Waals surface area contributed by atoms with E-state index in [1.165, 1.54) is 6.20 Å². The molecule has 1 saturated heterocycles. The monoisotopic (exact) mass is 381 g/mol. The third-order valence-electron chi connectivity index (χ3n) is 4.10. The Kier molecular flexibility index (Phi) is 6.45. The smallest absolute Gasteiger partial charge is 0.263 e. The molecule has 8 heteroatoms. The lowest BCUT2D eigenvalue weighted by molar-refractivity contribution is -0.117. The van der Waals surface area contributed by atoms with E-state index in [1.807, 2.05) is 19.1 Å². The summed E-state index contributed by atoms with van der Waals surface area (Å²) in [5, 5.41) is 12.5. The number of rotatable bonds is 6. The fourth-order valence-electron chi connectivity index (χ4n) is 2.71. The summed E-state index contributed by atoms with van der Waals surface area (Å²) >= 11 is 6.04. The molecule has 1 aromatic rings. The minimum atomic E-state index is -3.03. The molecular formula is C17H20ClN3O3S. The lowest BCUT2D eigenvalue weighted by atomic mass is 10.2. The Hall–Kier alpha value is -2.04. The van der Waals surface area contributed by atoms with Gasteiger partial charge in [-0.25, -0.2) is 8.42 Å². The highest BCUT2D eigenvalue weighted by atomic mass is 35.5. The Balaban J connectivity index is 2.06. The van der Waals surface area contributed by atoms with E-state index < -0.39 is 15.7 Å². The third kappa shape index (κ3) is 5.21. The number of halogens is 1. The molecule has 1 aliphatic heterocycles. The Labute approximate surface area is 153 Å². The van der Waals surface area contributed by atoms with E-state index in [-0.39, 0.29) is 29.7 Å². The molecule has 0 aromatic heterocycles. The first-order chi connectivity index (χ1) is 11.9. The third-order valence-corrected chi connectivity index (χ3v) is 6.22. The van der Waals surface area contributed by atoms with Crippen molar-refractivity contribution in [3.8, 4) is 6.07 Å². The summed E-state index contributed by atoms with van der Waals surface area (Å²) in [6.45, 7) is 2.59. The molecule has 6 nitrogen and oxygen atoms in total. The molecule has 25 heavy (non-hydrogen) atoms. The van der Waals surface area contributed by atoms with Crippen LogP contribution in [-0.4, -0.2) is 43.3 Å². The quantitative estimate of drug-likeness (QED) is 0.600. The molecule has 1 aliphatic rings. The summed E-state index contributed by atoms with van der Waals surface area (Å²) in [7, 11) is -3.03. The van der Waals surface area contributed by atoms with Gasteiger partial charge in [-0.3, -0.25) is 4.79 Å². The minimum Gasteiger partial charge on any atom is -0.372 e. The molecular weight excluding hydrogens is 362 g/mol. The number of nitrogens with one attached hydrogen (secondary N) is 1. The average Bonchev–Trinajstić information content (AvgIpc) is 2.94. The molecule has 0 bridgehead atoms. The fraction of sp³-hybridized carbons (Fsp3) is 0.412. The van der Waals surface area contributed by atoms with Gasteiger partial charge in [0.05, 0.1) is 11.5 Å². The van der Waals surface area contributed by atoms with E-state index in [1.54, 1.807) is 23.1 Å². The zero-order valence-corrected chi connectivity index (χ0v) is 15.5. The molecule has 2 rings (SSSR count). The van der Waals surface area contributed by atoms with Crippen LogP contribution in [0.15, 0.2) is 36.0 Å². The van der Waals surface area contributed by atoms with Gasteiger partial charge in [0.15, 0.2) is 9.84 Å². The molecule has 1 aromatic carbocycles. The predicted molar refractivity (Wildman–Crippen MR) is 96.4 cm³/mol. The van der Waals surface area contributed by atoms with E-state index in [2.05, 4.69) is 5.32 Å². The number of benzene rings is 1. The summed E-state index contributed by atoms with van der Waals surface area (Å²) in [4.78, 5) is 14.0. The number of carbonyl (C=O) groups is 1. The maximum Gasteiger partial charge on any atom is 0.263 e. The van der Waals surface area contributed by atoms with Crippen molar-refractivity contribution in [1.82, 2.24) is 10.2 Å². The highest BCUT2D eigenvalue weighted by molar-refractivity contribution is 7.91. The fourth-order valence-corrected chi connectivity index (χ4v) is 4.65. The van der Waals surface area contributed by atoms with Crippen molar-refractivity contribution < 1.29 is 13.2 Å². The molecule has 1 fully saturated rings. The molecule has 1 unspecified atom stereocenters. The largest absolute Gasteiger partial charge is 0.372 e. The van der Waals surface area contributed by atoms with Gasteiger partial charge in [0.2, 0.25) is 0 Å². The predicted octanol–water partition coefficient (Wildman–Crippen LogP) is 1.87. The number of nitriles is 1. The summed E-state index contributed by atoms with van der Waals surface area (Å²) in [6, 6.07) is 8.81. The molecule has 0 radical (unpaired) electrons. The van der Waals surface area contributed by atoms with Crippen molar-refractivity contribution in [1.29, 1.82) is 5.26 Å². The van der Waals surface area contributed by atoms with Gasteiger partial charge in [0.1, 0.15) is 11.6 Å². The number of amides is 1. The summed E-state index contributed by atoms with van der Waals surface area (Å²) in [5.41, 5.74) is 0.697. The van der Waals surface area contributed by atoms with Gasteiger partial charge in [0.25, 0.3) is 5.91 Å². The molecule has 1 atom stereocenters. The van der Waals surface area contributed by atoms with Crippen molar-refractivity contribution >= 4 is 27.3 Å². The average molecular weight is 382 g/mol. The Morgan fingerprint density at radius 1 is 1.48 bits per heavy atom. The number of nitrogens with zero attached hydrogens (tertiary/aromatic N) is 2. The van der Waals surface area contributed by atoms with Crippen molar-refractivity contribution in [2.45, 2.75) is 25.9 Å². The van der Waals surface area contributed by atoms with Gasteiger partial charge in [-0.1, -0.05) is 29.8 Å². The van der Waals surface area contributed by atoms with Crippen LogP contribution < -0.4 is 5.32 Å². The molecule has 1 amide bonds. The standard InChI is InChI=1S/C17H20ClN3O3S/c1-2-21(15-7-8-25(23,24)12-15)11-14(9-19)17(22)20-10-13-5-3-4-6-16(13)18/h3-6,11,15H,2,7-8,10,12H2,1H3,(H,20,22)/b14-11-. The van der Waals surface area contributed by atoms with Gasteiger partial charge in [-0.15, -0.1) is 0 Å². The van der Waals surface area contributed by atoms with E-state index in [0.29, 0.717) is 18.0 Å². The van der Waals surface area contributed by atoms with Gasteiger partial charge in [-0.05, 0) is 25.0 Å². The van der Waals surface area contributed by atoms with Crippen LogP contribution in [0.4, 0.5) is 0 Å². The number of hydrogen-bond acceptors (Lipinski definition) is 5. The molecule has 0 saturated carbocycles. The maximum atomic E-state index is 12.3. The van der Waals surface area contributed by atoms with Crippen molar-refractivity contribution in [3.63, 3.8) is 0 Å². The Morgan fingerprint density at radius 2 is 2.20 bits per heavy atom. The van der Waals surface area contributed by atoms with Crippen LogP contribution in [0, 0.1) is 11.3 Å². The van der Waals surface area contributed by atoms with Crippen LogP contribution in [0.2, 0.25) is 5.02 Å². The second-order valence-electron chi connectivity index (χ2n) is 5.82. The first-order valence-corrected chi connectivity index (χ1v) is 10.2. The second kappa shape index (κ2) is 8.37. The topological polar surface area (TPSA) is 90.3 Å². The number of hydrogen-bond donors (Lipinski definition) is 1. The van der Waals surface area contributed by atoms with Crippen LogP contribution in [0.25, 0.3) is 0 Å². The second-order valence-corrected chi connectivity index (χ2v) is 8.45. The minimum absolute atomic E-state index is 0.0529. The summed E-state index contributed by atoms with van der Waals surface area (Å²) in [5.74, 6) is -0.318. The maximum absolute atomic E-state index is 12.3. The van der Waals surface area contributed by atoms with Crippen LogP contribution in [0.1, 0.15) is 18.9 Å². The van der Waals surface area contributed by atoms with Gasteiger partial charge in [0, 0.05) is 30.4 Å². The van der Waals surface area contributed by atoms with E-state index >= 15 is 0 Å². The van der Waals surface area contributed by atoms with Crippen molar-refractivity contribution in [3.05, 3.63) is 46.6 Å². The summed E-state index contributed by atoms with van der Waals surface area (Å²) < 4.78 is 23.3. The molecule has 0 spiro atoms. The van der Waals surface area contributed by atoms with E-state index in [4.69, 9.17) is 11.6 Å². The van der Waals surface area contributed by atoms with E-state index in [9.17, 15) is 18.5 Å². The summed E-state index contributed by atoms with van der Waals surface area (Å²) in [6.07, 6.45) is 1.96. The van der Waals surface area contributed by atoms with Crippen LogP contribution >= 0.6 is 11.6 Å². The lowest BCUT2D eigenvalue weighted by Crippen LogP contribution is -2.33. The van der Waals surface area contributed by atoms with Gasteiger partial charge >= 0.3 is 0 Å². The first kappa shape index (κ1) is 19.3. The Morgan fingerprint density at radius 3 is 2.76 bits per heavy atom. The van der Waals surface area contributed by atoms with Crippen molar-refractivity contribution in [2.24, 2.45) is 0 Å². The zero-order valence-electron chi connectivity index (χ0n) is 13.9. The SMILES string of the molecule is CCN(/C=C(/C#N)C(=O)NCc1ccccc1Cl)C1CCS(=O)(=O)C1. The van der Waals surface area contributed by atoms with E-state index in [0.717, 1.165) is 5.56 Å². The lowest BCUT2D eigenvalue weighted by Gasteiger charge is -2.25. The number of sulfone groups is 1. The number of carbonyl (C=O) groups excluding carboxylic acids is 1. The molecule has 134 valence electrons. The molecule has 1 heterocycles. The van der Waals surface area contributed by atoms with Gasteiger partial charge < -0.3 is 10.2 Å². The highest BCUT2D eigenvalue weighted by Gasteiger charge is 2.31. The van der Waals surface area contributed by atoms with Crippen LogP contribution in [0.3, 0.4) is 0 Å². The van der Waals surface area contributed by atoms with Gasteiger partial charge in [-0.2, -0.15) is 5.26 Å². The van der Waals surface area contributed by atoms with Crippen LogP contribution in [-0.2, 0) is 21.2 Å². The van der Waals surface area contributed by atoms with Crippen LogP contribution in [0.5, 0.6) is 0 Å². The molecule has 1 N–H and O–H groups in total. The first-order valence-electron chi connectivity index (χ1n) is 7.96. The molecule has 0 aliphatic carbocycles. The highest BCUT2D eigenvalue weighted by Crippen LogP contribution is 2.19. The Bertz CT molecular complexity index is 815. The normalized spacial score (nSPS) is 19.2. The zero-order chi connectivity index (χ0) is 18.4.